The number of thiazole rings is 1. The van der Waals surface area contributed by atoms with Crippen molar-refractivity contribution in [3.63, 3.8) is 0 Å². The molecule has 0 saturated heterocycles. The van der Waals surface area contributed by atoms with Crippen molar-refractivity contribution in [1.29, 1.82) is 0 Å². The molecule has 2 nitrogen and oxygen atoms in total. The Morgan fingerprint density at radius 1 is 1.41 bits per heavy atom. The van der Waals surface area contributed by atoms with Crippen LogP contribution in [0.15, 0.2) is 5.38 Å². The zero-order valence-corrected chi connectivity index (χ0v) is 12.0. The summed E-state index contributed by atoms with van der Waals surface area (Å²) in [7, 11) is 2.10. The zero-order chi connectivity index (χ0) is 12.3. The van der Waals surface area contributed by atoms with Crippen molar-refractivity contribution in [2.75, 3.05) is 7.05 Å². The van der Waals surface area contributed by atoms with Gasteiger partial charge in [-0.25, -0.2) is 4.98 Å². The highest BCUT2D eigenvalue weighted by atomic mass is 32.1. The molecule has 0 aromatic carbocycles. The smallest absolute Gasteiger partial charge is 0.0943 e. The van der Waals surface area contributed by atoms with Crippen molar-refractivity contribution >= 4 is 11.3 Å². The summed E-state index contributed by atoms with van der Waals surface area (Å²) in [6, 6.07) is 0.619. The molecule has 1 fully saturated rings. The van der Waals surface area contributed by atoms with Gasteiger partial charge in [0.15, 0.2) is 0 Å². The predicted molar refractivity (Wildman–Crippen MR) is 74.5 cm³/mol. The lowest BCUT2D eigenvalue weighted by molar-refractivity contribution is 0.235. The van der Waals surface area contributed by atoms with Crippen LogP contribution >= 0.6 is 11.3 Å². The van der Waals surface area contributed by atoms with Gasteiger partial charge in [0, 0.05) is 23.5 Å². The third-order valence-electron chi connectivity index (χ3n) is 4.06. The summed E-state index contributed by atoms with van der Waals surface area (Å²) in [5, 5.41) is 6.96. The average molecular weight is 252 g/mol. The van der Waals surface area contributed by atoms with Crippen LogP contribution in [-0.4, -0.2) is 18.1 Å². The molecule has 0 radical (unpaired) electrons. The molecule has 0 aliphatic heterocycles. The summed E-state index contributed by atoms with van der Waals surface area (Å²) in [6.07, 6.45) is 6.68. The fourth-order valence-electron chi connectivity index (χ4n) is 2.88. The minimum atomic E-state index is 0.619. The first kappa shape index (κ1) is 13.0. The van der Waals surface area contributed by atoms with Crippen molar-refractivity contribution < 1.29 is 0 Å². The third kappa shape index (κ3) is 3.52. The summed E-state index contributed by atoms with van der Waals surface area (Å²) >= 11 is 1.81. The number of rotatable bonds is 4. The van der Waals surface area contributed by atoms with E-state index in [1.54, 1.807) is 11.3 Å². The Kier molecular flexibility index (Phi) is 4.57. The number of nitrogens with zero attached hydrogens (tertiary/aromatic N) is 1. The van der Waals surface area contributed by atoms with E-state index < -0.39 is 0 Å². The molecule has 1 aromatic rings. The van der Waals surface area contributed by atoms with Gasteiger partial charge in [-0.1, -0.05) is 19.8 Å². The summed E-state index contributed by atoms with van der Waals surface area (Å²) in [4.78, 5) is 4.59. The second-order valence-corrected chi connectivity index (χ2v) is 6.44. The van der Waals surface area contributed by atoms with Gasteiger partial charge in [0.25, 0.3) is 0 Å². The quantitative estimate of drug-likeness (QED) is 0.888. The Bertz CT molecular complexity index is 340. The van der Waals surface area contributed by atoms with Gasteiger partial charge >= 0.3 is 0 Å². The molecule has 1 aliphatic carbocycles. The minimum absolute atomic E-state index is 0.619. The van der Waals surface area contributed by atoms with Crippen LogP contribution in [0.4, 0.5) is 0 Å². The Balaban J connectivity index is 1.92. The van der Waals surface area contributed by atoms with E-state index in [1.165, 1.54) is 30.7 Å². The lowest BCUT2D eigenvalue weighted by Crippen LogP contribution is -2.37. The van der Waals surface area contributed by atoms with E-state index in [1.807, 2.05) is 0 Å². The number of nitrogens with one attached hydrogen (secondary N) is 1. The minimum Gasteiger partial charge on any atom is -0.316 e. The number of aryl methyl sites for hydroxylation is 1. The Labute approximate surface area is 109 Å². The average Bonchev–Trinajstić information content (AvgIpc) is 2.73. The van der Waals surface area contributed by atoms with E-state index in [9.17, 15) is 0 Å². The highest BCUT2D eigenvalue weighted by Gasteiger charge is 2.25. The first-order valence-electron chi connectivity index (χ1n) is 6.77. The molecule has 1 unspecified atom stereocenters. The third-order valence-corrected chi connectivity index (χ3v) is 5.05. The van der Waals surface area contributed by atoms with E-state index in [0.717, 1.165) is 24.0 Å². The van der Waals surface area contributed by atoms with Crippen LogP contribution in [0.2, 0.25) is 0 Å². The molecule has 1 atom stereocenters. The lowest BCUT2D eigenvalue weighted by Gasteiger charge is -2.32. The molecule has 1 saturated carbocycles. The molecule has 2 rings (SSSR count). The molecule has 3 heteroatoms. The zero-order valence-electron chi connectivity index (χ0n) is 11.2. The van der Waals surface area contributed by atoms with E-state index in [0.29, 0.717) is 6.04 Å². The van der Waals surface area contributed by atoms with Gasteiger partial charge in [-0.15, -0.1) is 11.3 Å². The molecule has 0 amide bonds. The summed E-state index contributed by atoms with van der Waals surface area (Å²) in [6.45, 7) is 4.46. The fraction of sp³-hybridized carbons (Fsp3) is 0.786. The fourth-order valence-corrected chi connectivity index (χ4v) is 3.71. The molecule has 1 N–H and O–H groups in total. The Morgan fingerprint density at radius 3 is 2.65 bits per heavy atom. The van der Waals surface area contributed by atoms with Crippen molar-refractivity contribution in [2.45, 2.75) is 52.0 Å². The van der Waals surface area contributed by atoms with Gasteiger partial charge in [-0.3, -0.25) is 0 Å². The first-order chi connectivity index (χ1) is 8.19. The molecular weight excluding hydrogens is 228 g/mol. The van der Waals surface area contributed by atoms with E-state index in [2.05, 4.69) is 36.6 Å². The summed E-state index contributed by atoms with van der Waals surface area (Å²) in [5.41, 5.74) is 1.16. The molecule has 0 bridgehead atoms. The number of likely N-dealkylation sites (N-methyl/N-ethyl adjacent to an activating group) is 1. The van der Waals surface area contributed by atoms with Crippen LogP contribution < -0.4 is 5.32 Å². The number of hydrogen-bond donors (Lipinski definition) is 1. The molecule has 1 aliphatic rings. The van der Waals surface area contributed by atoms with Gasteiger partial charge < -0.3 is 5.32 Å². The van der Waals surface area contributed by atoms with Gasteiger partial charge in [-0.2, -0.15) is 0 Å². The molecular formula is C14H24N2S. The molecule has 0 spiro atoms. The maximum Gasteiger partial charge on any atom is 0.0943 e. The Morgan fingerprint density at radius 2 is 2.12 bits per heavy atom. The van der Waals surface area contributed by atoms with Crippen LogP contribution in [0.1, 0.15) is 43.3 Å². The monoisotopic (exact) mass is 252 g/mol. The second kappa shape index (κ2) is 5.96. The van der Waals surface area contributed by atoms with E-state index >= 15 is 0 Å². The van der Waals surface area contributed by atoms with Gasteiger partial charge in [0.1, 0.15) is 0 Å². The molecule has 17 heavy (non-hydrogen) atoms. The molecule has 96 valence electrons. The Hall–Kier alpha value is -0.410. The van der Waals surface area contributed by atoms with Crippen LogP contribution in [0.3, 0.4) is 0 Å². The molecule has 1 heterocycles. The topological polar surface area (TPSA) is 24.9 Å². The van der Waals surface area contributed by atoms with E-state index in [4.69, 9.17) is 0 Å². The molecule has 1 aromatic heterocycles. The standard InChI is InChI=1S/C14H24N2S/c1-10-4-6-12(7-5-10)13(15-3)8-14-16-11(2)9-17-14/h9-10,12-13,15H,4-8H2,1-3H3. The maximum atomic E-state index is 4.59. The largest absolute Gasteiger partial charge is 0.316 e. The van der Waals surface area contributed by atoms with Crippen molar-refractivity contribution in [3.05, 3.63) is 16.1 Å². The van der Waals surface area contributed by atoms with Gasteiger partial charge in [0.05, 0.1) is 5.01 Å². The summed E-state index contributed by atoms with van der Waals surface area (Å²) in [5.74, 6) is 1.78. The van der Waals surface area contributed by atoms with Crippen molar-refractivity contribution in [3.8, 4) is 0 Å². The maximum absolute atomic E-state index is 4.59. The number of aromatic nitrogens is 1. The first-order valence-corrected chi connectivity index (χ1v) is 7.65. The van der Waals surface area contributed by atoms with Gasteiger partial charge in [-0.05, 0) is 38.6 Å². The highest BCUT2D eigenvalue weighted by Crippen LogP contribution is 2.31. The normalized spacial score (nSPS) is 27.0. The lowest BCUT2D eigenvalue weighted by atomic mass is 9.78. The predicted octanol–water partition coefficient (Wildman–Crippen LogP) is 3.41. The van der Waals surface area contributed by atoms with Crippen LogP contribution in [0.5, 0.6) is 0 Å². The van der Waals surface area contributed by atoms with Crippen molar-refractivity contribution in [2.24, 2.45) is 11.8 Å². The van der Waals surface area contributed by atoms with Crippen LogP contribution in [-0.2, 0) is 6.42 Å². The van der Waals surface area contributed by atoms with Crippen LogP contribution in [0, 0.1) is 18.8 Å². The SMILES string of the molecule is CNC(Cc1nc(C)cs1)C1CCC(C)CC1. The number of hydrogen-bond acceptors (Lipinski definition) is 3. The second-order valence-electron chi connectivity index (χ2n) is 5.50. The van der Waals surface area contributed by atoms with Crippen LogP contribution in [0.25, 0.3) is 0 Å². The van der Waals surface area contributed by atoms with Crippen molar-refractivity contribution in [1.82, 2.24) is 10.3 Å². The highest BCUT2D eigenvalue weighted by molar-refractivity contribution is 7.09. The summed E-state index contributed by atoms with van der Waals surface area (Å²) < 4.78 is 0. The van der Waals surface area contributed by atoms with E-state index in [-0.39, 0.29) is 0 Å². The van der Waals surface area contributed by atoms with Gasteiger partial charge in [0.2, 0.25) is 0 Å².